The standard InChI is InChI=1S/C28H30FNO5/c1-6-27(2,3)35-24(31)15-13-20-25(28(20,4)5)26(32)34-23(17-30)18-12-14-21(29)22(16-18)33-19-10-8-7-9-11-19/h7-16,20,23,25H,6H2,1-5H3/t20-,23+,25-/m0/s1. The van der Waals surface area contributed by atoms with Gasteiger partial charge in [-0.25, -0.2) is 9.18 Å². The predicted octanol–water partition coefficient (Wildman–Crippen LogP) is 6.29. The lowest BCUT2D eigenvalue weighted by atomic mass is 10.1. The van der Waals surface area contributed by atoms with Gasteiger partial charge in [0.2, 0.25) is 6.10 Å². The van der Waals surface area contributed by atoms with Gasteiger partial charge in [0.25, 0.3) is 0 Å². The van der Waals surface area contributed by atoms with Gasteiger partial charge in [-0.15, -0.1) is 0 Å². The Hall–Kier alpha value is -3.66. The molecule has 2 aromatic rings. The lowest BCUT2D eigenvalue weighted by Gasteiger charge is -2.22. The highest BCUT2D eigenvalue weighted by Gasteiger charge is 2.61. The maximum atomic E-state index is 14.3. The van der Waals surface area contributed by atoms with E-state index >= 15 is 0 Å². The Morgan fingerprint density at radius 2 is 1.89 bits per heavy atom. The van der Waals surface area contributed by atoms with Gasteiger partial charge in [0, 0.05) is 11.6 Å². The van der Waals surface area contributed by atoms with Gasteiger partial charge in [-0.1, -0.05) is 51.1 Å². The molecule has 184 valence electrons. The van der Waals surface area contributed by atoms with E-state index in [1.54, 1.807) is 30.3 Å². The normalized spacial score (nSPS) is 19.5. The molecule has 0 bridgehead atoms. The van der Waals surface area contributed by atoms with Gasteiger partial charge in [0.1, 0.15) is 17.4 Å². The Morgan fingerprint density at radius 3 is 2.51 bits per heavy atom. The third-order valence-corrected chi connectivity index (χ3v) is 6.41. The van der Waals surface area contributed by atoms with Crippen molar-refractivity contribution in [2.24, 2.45) is 17.3 Å². The van der Waals surface area contributed by atoms with Crippen LogP contribution in [-0.2, 0) is 19.1 Å². The number of hydrogen-bond acceptors (Lipinski definition) is 6. The Bertz CT molecular complexity index is 1150. The molecule has 3 atom stereocenters. The van der Waals surface area contributed by atoms with Crippen molar-refractivity contribution in [1.29, 1.82) is 5.26 Å². The van der Waals surface area contributed by atoms with Crippen molar-refractivity contribution >= 4 is 11.9 Å². The first-order chi connectivity index (χ1) is 16.5. The highest BCUT2D eigenvalue weighted by Crippen LogP contribution is 2.59. The third-order valence-electron chi connectivity index (χ3n) is 6.41. The molecular weight excluding hydrogens is 449 g/mol. The lowest BCUT2D eigenvalue weighted by molar-refractivity contribution is -0.151. The van der Waals surface area contributed by atoms with E-state index in [9.17, 15) is 19.2 Å². The van der Waals surface area contributed by atoms with E-state index in [0.717, 1.165) is 0 Å². The number of allylic oxidation sites excluding steroid dienone is 1. The number of rotatable bonds is 9. The zero-order chi connectivity index (χ0) is 25.8. The molecule has 0 aromatic heterocycles. The number of ether oxygens (including phenoxy) is 3. The topological polar surface area (TPSA) is 85.6 Å². The predicted molar refractivity (Wildman–Crippen MR) is 128 cm³/mol. The highest BCUT2D eigenvalue weighted by molar-refractivity contribution is 5.83. The van der Waals surface area contributed by atoms with Crippen molar-refractivity contribution in [2.45, 2.75) is 52.7 Å². The number of benzene rings is 2. The van der Waals surface area contributed by atoms with E-state index in [2.05, 4.69) is 0 Å². The van der Waals surface area contributed by atoms with Crippen LogP contribution in [0, 0.1) is 34.4 Å². The fourth-order valence-electron chi connectivity index (χ4n) is 3.78. The van der Waals surface area contributed by atoms with E-state index < -0.39 is 40.8 Å². The number of carbonyl (C=O) groups excluding carboxylic acids is 2. The molecule has 0 amide bonds. The Labute approximate surface area is 205 Å². The summed E-state index contributed by atoms with van der Waals surface area (Å²) in [7, 11) is 0. The number of para-hydroxylation sites is 1. The molecule has 0 heterocycles. The molecule has 0 radical (unpaired) electrons. The Kier molecular flexibility index (Phi) is 7.64. The second-order valence-electron chi connectivity index (χ2n) is 9.77. The van der Waals surface area contributed by atoms with Crippen LogP contribution in [0.5, 0.6) is 11.5 Å². The summed E-state index contributed by atoms with van der Waals surface area (Å²) in [6.07, 6.45) is 2.43. The van der Waals surface area contributed by atoms with E-state index in [1.807, 2.05) is 46.8 Å². The first kappa shape index (κ1) is 26.0. The third kappa shape index (κ3) is 6.27. The van der Waals surface area contributed by atoms with E-state index in [1.165, 1.54) is 24.3 Å². The van der Waals surface area contributed by atoms with E-state index in [-0.39, 0.29) is 11.7 Å². The highest BCUT2D eigenvalue weighted by atomic mass is 19.1. The molecular formula is C28H30FNO5. The molecule has 35 heavy (non-hydrogen) atoms. The molecule has 0 N–H and O–H groups in total. The van der Waals surface area contributed by atoms with Crippen molar-refractivity contribution in [3.05, 3.63) is 72.1 Å². The molecule has 0 spiro atoms. The molecule has 6 nitrogen and oxygen atoms in total. The second-order valence-corrected chi connectivity index (χ2v) is 9.77. The van der Waals surface area contributed by atoms with Crippen molar-refractivity contribution < 1.29 is 28.2 Å². The van der Waals surface area contributed by atoms with Gasteiger partial charge in [0.15, 0.2) is 11.6 Å². The Balaban J connectivity index is 1.68. The summed E-state index contributed by atoms with van der Waals surface area (Å²) in [6, 6.07) is 14.5. The van der Waals surface area contributed by atoms with Crippen LogP contribution in [0.4, 0.5) is 4.39 Å². The first-order valence-corrected chi connectivity index (χ1v) is 11.5. The summed E-state index contributed by atoms with van der Waals surface area (Å²) in [6.45, 7) is 9.36. The summed E-state index contributed by atoms with van der Waals surface area (Å²) in [5.41, 5.74) is -0.723. The molecule has 1 aliphatic carbocycles. The number of halogens is 1. The van der Waals surface area contributed by atoms with Crippen LogP contribution in [0.15, 0.2) is 60.7 Å². The quantitative estimate of drug-likeness (QED) is 0.311. The van der Waals surface area contributed by atoms with Crippen molar-refractivity contribution in [1.82, 2.24) is 0 Å². The van der Waals surface area contributed by atoms with Crippen molar-refractivity contribution in [3.8, 4) is 17.6 Å². The summed E-state index contributed by atoms with van der Waals surface area (Å²) < 4.78 is 30.8. The summed E-state index contributed by atoms with van der Waals surface area (Å²) in [5.74, 6) is -2.05. The van der Waals surface area contributed by atoms with Crippen LogP contribution in [0.2, 0.25) is 0 Å². The second kappa shape index (κ2) is 10.3. The molecule has 0 unspecified atom stereocenters. The monoisotopic (exact) mass is 479 g/mol. The molecule has 7 heteroatoms. The largest absolute Gasteiger partial charge is 0.457 e. The van der Waals surface area contributed by atoms with Crippen LogP contribution in [0.1, 0.15) is 52.7 Å². The maximum Gasteiger partial charge on any atom is 0.330 e. The van der Waals surface area contributed by atoms with Crippen LogP contribution in [-0.4, -0.2) is 17.5 Å². The van der Waals surface area contributed by atoms with Gasteiger partial charge < -0.3 is 14.2 Å². The number of carbonyl (C=O) groups is 2. The van der Waals surface area contributed by atoms with E-state index in [4.69, 9.17) is 14.2 Å². The van der Waals surface area contributed by atoms with Crippen LogP contribution in [0.3, 0.4) is 0 Å². The zero-order valence-corrected chi connectivity index (χ0v) is 20.6. The van der Waals surface area contributed by atoms with Crippen molar-refractivity contribution in [3.63, 3.8) is 0 Å². The average molecular weight is 480 g/mol. The smallest absolute Gasteiger partial charge is 0.330 e. The Morgan fingerprint density at radius 1 is 1.20 bits per heavy atom. The molecule has 3 rings (SSSR count). The summed E-state index contributed by atoms with van der Waals surface area (Å²) in [5, 5.41) is 9.65. The summed E-state index contributed by atoms with van der Waals surface area (Å²) in [4.78, 5) is 25.0. The van der Waals surface area contributed by atoms with E-state index in [0.29, 0.717) is 17.7 Å². The van der Waals surface area contributed by atoms with Crippen LogP contribution >= 0.6 is 0 Å². The molecule has 2 aromatic carbocycles. The van der Waals surface area contributed by atoms with Gasteiger partial charge in [-0.2, -0.15) is 5.26 Å². The fourth-order valence-corrected chi connectivity index (χ4v) is 3.78. The molecule has 0 saturated heterocycles. The van der Waals surface area contributed by atoms with Crippen LogP contribution in [0.25, 0.3) is 0 Å². The minimum atomic E-state index is -1.24. The number of nitrogens with zero attached hydrogens (tertiary/aromatic N) is 1. The van der Waals surface area contributed by atoms with Gasteiger partial charge in [-0.3, -0.25) is 4.79 Å². The minimum absolute atomic E-state index is 0.0777. The molecule has 1 fully saturated rings. The molecule has 1 saturated carbocycles. The fraction of sp³-hybridized carbons (Fsp3) is 0.393. The van der Waals surface area contributed by atoms with Crippen molar-refractivity contribution in [2.75, 3.05) is 0 Å². The number of hydrogen-bond donors (Lipinski definition) is 0. The molecule has 1 aliphatic rings. The molecule has 0 aliphatic heterocycles. The van der Waals surface area contributed by atoms with Gasteiger partial charge >= 0.3 is 11.9 Å². The maximum absolute atomic E-state index is 14.3. The minimum Gasteiger partial charge on any atom is -0.457 e. The first-order valence-electron chi connectivity index (χ1n) is 11.5. The van der Waals surface area contributed by atoms with Crippen LogP contribution < -0.4 is 4.74 Å². The number of nitriles is 1. The average Bonchev–Trinajstić information content (AvgIpc) is 3.38. The summed E-state index contributed by atoms with van der Waals surface area (Å²) >= 11 is 0. The number of esters is 2. The lowest BCUT2D eigenvalue weighted by Crippen LogP contribution is -2.26. The zero-order valence-electron chi connectivity index (χ0n) is 20.6. The van der Waals surface area contributed by atoms with Gasteiger partial charge in [-0.05, 0) is 55.9 Å². The SMILES string of the molecule is CCC(C)(C)OC(=O)C=C[C@H]1[C@@H](C(=O)O[C@H](C#N)c2ccc(F)c(Oc3ccccc3)c2)C1(C)C. The van der Waals surface area contributed by atoms with Gasteiger partial charge in [0.05, 0.1) is 5.92 Å².